The highest BCUT2D eigenvalue weighted by Crippen LogP contribution is 2.14. The molecule has 0 aliphatic heterocycles. The van der Waals surface area contributed by atoms with Gasteiger partial charge in [0.25, 0.3) is 0 Å². The molecular formula is C17H20F2N4O2. The minimum absolute atomic E-state index is 0.125. The van der Waals surface area contributed by atoms with Crippen LogP contribution in [0.15, 0.2) is 18.2 Å². The molecule has 0 radical (unpaired) electrons. The molecule has 0 fully saturated rings. The van der Waals surface area contributed by atoms with E-state index in [9.17, 15) is 18.4 Å². The molecule has 0 saturated carbocycles. The third-order valence-electron chi connectivity index (χ3n) is 3.91. The molecule has 2 amide bonds. The molecule has 0 aliphatic rings. The average molecular weight is 350 g/mol. The van der Waals surface area contributed by atoms with E-state index in [1.165, 1.54) is 6.07 Å². The van der Waals surface area contributed by atoms with Crippen LogP contribution in [-0.2, 0) is 23.1 Å². The molecule has 0 spiro atoms. The molecule has 0 aliphatic carbocycles. The smallest absolute Gasteiger partial charge is 0.243 e. The molecule has 1 aromatic carbocycles. The van der Waals surface area contributed by atoms with Gasteiger partial charge >= 0.3 is 0 Å². The van der Waals surface area contributed by atoms with Crippen LogP contribution >= 0.6 is 0 Å². The first-order valence-corrected chi connectivity index (χ1v) is 7.78. The lowest BCUT2D eigenvalue weighted by Crippen LogP contribution is -2.33. The number of aryl methyl sites for hydroxylation is 2. The number of carbonyl (C=O) groups is 2. The first-order chi connectivity index (χ1) is 11.8. The number of halogens is 2. The molecule has 0 bridgehead atoms. The summed E-state index contributed by atoms with van der Waals surface area (Å²) in [5, 5.41) is 9.17. The zero-order valence-electron chi connectivity index (χ0n) is 14.3. The van der Waals surface area contributed by atoms with Crippen molar-refractivity contribution in [2.75, 3.05) is 11.9 Å². The molecule has 2 aromatic rings. The Morgan fingerprint density at radius 1 is 1.16 bits per heavy atom. The second-order valence-corrected chi connectivity index (χ2v) is 5.73. The summed E-state index contributed by atoms with van der Waals surface area (Å²) in [7, 11) is 1.84. The second kappa shape index (κ2) is 7.87. The number of nitrogens with zero attached hydrogens (tertiary/aromatic N) is 2. The Balaban J connectivity index is 1.79. The highest BCUT2D eigenvalue weighted by atomic mass is 19.2. The van der Waals surface area contributed by atoms with Crippen molar-refractivity contribution in [1.82, 2.24) is 15.1 Å². The number of aromatic nitrogens is 2. The van der Waals surface area contributed by atoms with Crippen LogP contribution < -0.4 is 10.6 Å². The molecule has 0 unspecified atom stereocenters. The number of hydrogen-bond acceptors (Lipinski definition) is 3. The number of carbonyl (C=O) groups excluding carboxylic acids is 2. The van der Waals surface area contributed by atoms with Crippen molar-refractivity contribution in [3.05, 3.63) is 46.8 Å². The van der Waals surface area contributed by atoms with Crippen molar-refractivity contribution >= 4 is 17.5 Å². The minimum atomic E-state index is -1.05. The molecule has 1 aromatic heterocycles. The van der Waals surface area contributed by atoms with E-state index in [1.54, 1.807) is 4.68 Å². The molecule has 6 nitrogen and oxygen atoms in total. The van der Waals surface area contributed by atoms with Crippen LogP contribution in [0.4, 0.5) is 14.5 Å². The standard InChI is InChI=1S/C17H20F2N4O2/c1-10-13(11(2)23(3)22-10)5-7-16(24)20-9-17(25)21-12-4-6-14(18)15(19)8-12/h4,6,8H,5,7,9H2,1-3H3,(H,20,24)(H,21,25). The lowest BCUT2D eigenvalue weighted by Gasteiger charge is -2.07. The van der Waals surface area contributed by atoms with Gasteiger partial charge in [0.2, 0.25) is 11.8 Å². The van der Waals surface area contributed by atoms with E-state index < -0.39 is 17.5 Å². The quantitative estimate of drug-likeness (QED) is 0.837. The largest absolute Gasteiger partial charge is 0.347 e. The second-order valence-electron chi connectivity index (χ2n) is 5.73. The zero-order chi connectivity index (χ0) is 18.6. The SMILES string of the molecule is Cc1nn(C)c(C)c1CCC(=O)NCC(=O)Nc1ccc(F)c(F)c1. The first-order valence-electron chi connectivity index (χ1n) is 7.78. The minimum Gasteiger partial charge on any atom is -0.347 e. The van der Waals surface area contributed by atoms with Crippen LogP contribution in [0.3, 0.4) is 0 Å². The lowest BCUT2D eigenvalue weighted by atomic mass is 10.1. The van der Waals surface area contributed by atoms with E-state index in [-0.39, 0.29) is 24.6 Å². The van der Waals surface area contributed by atoms with Gasteiger partial charge in [-0.05, 0) is 38.0 Å². The van der Waals surface area contributed by atoms with Crippen molar-refractivity contribution in [3.63, 3.8) is 0 Å². The third kappa shape index (κ3) is 4.85. The zero-order valence-corrected chi connectivity index (χ0v) is 14.3. The molecule has 134 valence electrons. The Morgan fingerprint density at radius 2 is 1.88 bits per heavy atom. The van der Waals surface area contributed by atoms with Gasteiger partial charge < -0.3 is 10.6 Å². The van der Waals surface area contributed by atoms with Gasteiger partial charge in [-0.2, -0.15) is 5.10 Å². The number of anilines is 1. The van der Waals surface area contributed by atoms with Gasteiger partial charge in [-0.1, -0.05) is 0 Å². The Bertz CT molecular complexity index is 802. The highest BCUT2D eigenvalue weighted by Gasteiger charge is 2.12. The summed E-state index contributed by atoms with van der Waals surface area (Å²) in [6.45, 7) is 3.57. The summed E-state index contributed by atoms with van der Waals surface area (Å²) in [5.74, 6) is -2.84. The van der Waals surface area contributed by atoms with E-state index >= 15 is 0 Å². The normalized spacial score (nSPS) is 10.6. The summed E-state index contributed by atoms with van der Waals surface area (Å²) in [4.78, 5) is 23.6. The van der Waals surface area contributed by atoms with Crippen molar-refractivity contribution in [2.45, 2.75) is 26.7 Å². The summed E-state index contributed by atoms with van der Waals surface area (Å²) in [6.07, 6.45) is 0.758. The van der Waals surface area contributed by atoms with Gasteiger partial charge in [-0.3, -0.25) is 14.3 Å². The number of hydrogen-bond donors (Lipinski definition) is 2. The number of nitrogens with one attached hydrogen (secondary N) is 2. The fourth-order valence-corrected chi connectivity index (χ4v) is 2.46. The topological polar surface area (TPSA) is 76.0 Å². The maximum Gasteiger partial charge on any atom is 0.243 e. The van der Waals surface area contributed by atoms with Crippen molar-refractivity contribution in [3.8, 4) is 0 Å². The van der Waals surface area contributed by atoms with E-state index in [0.717, 1.165) is 29.1 Å². The maximum atomic E-state index is 13.1. The van der Waals surface area contributed by atoms with Crippen molar-refractivity contribution in [1.29, 1.82) is 0 Å². The molecular weight excluding hydrogens is 330 g/mol. The van der Waals surface area contributed by atoms with Gasteiger partial charge in [0.05, 0.1) is 12.2 Å². The first kappa shape index (κ1) is 18.6. The third-order valence-corrected chi connectivity index (χ3v) is 3.91. The van der Waals surface area contributed by atoms with E-state index in [2.05, 4.69) is 15.7 Å². The van der Waals surface area contributed by atoms with Crippen LogP contribution in [0.5, 0.6) is 0 Å². The predicted octanol–water partition coefficient (Wildman–Crippen LogP) is 2.00. The fraction of sp³-hybridized carbons (Fsp3) is 0.353. The predicted molar refractivity (Wildman–Crippen MR) is 89.0 cm³/mol. The van der Waals surface area contributed by atoms with Gasteiger partial charge in [-0.15, -0.1) is 0 Å². The Morgan fingerprint density at radius 3 is 2.48 bits per heavy atom. The van der Waals surface area contributed by atoms with Crippen LogP contribution in [0.25, 0.3) is 0 Å². The number of benzene rings is 1. The number of rotatable bonds is 6. The summed E-state index contributed by atoms with van der Waals surface area (Å²) in [6, 6.07) is 3.04. The average Bonchev–Trinajstić information content (AvgIpc) is 2.79. The van der Waals surface area contributed by atoms with Crippen LogP contribution in [-0.4, -0.2) is 28.1 Å². The monoisotopic (exact) mass is 350 g/mol. The van der Waals surface area contributed by atoms with Crippen molar-refractivity contribution < 1.29 is 18.4 Å². The van der Waals surface area contributed by atoms with Crippen LogP contribution in [0.1, 0.15) is 23.4 Å². The molecule has 25 heavy (non-hydrogen) atoms. The van der Waals surface area contributed by atoms with E-state index in [0.29, 0.717) is 6.42 Å². The molecule has 1 heterocycles. The van der Waals surface area contributed by atoms with Crippen LogP contribution in [0.2, 0.25) is 0 Å². The van der Waals surface area contributed by atoms with E-state index in [1.807, 2.05) is 20.9 Å². The van der Waals surface area contributed by atoms with Crippen LogP contribution in [0, 0.1) is 25.5 Å². The van der Waals surface area contributed by atoms with E-state index in [4.69, 9.17) is 0 Å². The molecule has 8 heteroatoms. The molecule has 0 atom stereocenters. The van der Waals surface area contributed by atoms with Gasteiger partial charge in [0.1, 0.15) is 0 Å². The van der Waals surface area contributed by atoms with Crippen molar-refractivity contribution in [2.24, 2.45) is 7.05 Å². The lowest BCUT2D eigenvalue weighted by molar-refractivity contribution is -0.124. The van der Waals surface area contributed by atoms with Gasteiger partial charge in [-0.25, -0.2) is 8.78 Å². The van der Waals surface area contributed by atoms with Gasteiger partial charge in [0, 0.05) is 30.9 Å². The Kier molecular flexibility index (Phi) is 5.84. The molecule has 2 N–H and O–H groups in total. The fourth-order valence-electron chi connectivity index (χ4n) is 2.46. The Hall–Kier alpha value is -2.77. The summed E-state index contributed by atoms with van der Waals surface area (Å²) in [5.41, 5.74) is 3.02. The van der Waals surface area contributed by atoms with Gasteiger partial charge in [0.15, 0.2) is 11.6 Å². The molecule has 0 saturated heterocycles. The molecule has 2 rings (SSSR count). The summed E-state index contributed by atoms with van der Waals surface area (Å²) >= 11 is 0. The summed E-state index contributed by atoms with van der Waals surface area (Å²) < 4.78 is 27.7. The Labute approximate surface area is 144 Å². The maximum absolute atomic E-state index is 13.1. The number of amides is 2. The highest BCUT2D eigenvalue weighted by molar-refractivity contribution is 5.94.